The average molecular weight is 241 g/mol. The van der Waals surface area contributed by atoms with Crippen molar-refractivity contribution in [3.63, 3.8) is 0 Å². The van der Waals surface area contributed by atoms with Crippen molar-refractivity contribution < 1.29 is 14.2 Å². The Morgan fingerprint density at radius 1 is 1.47 bits per heavy atom. The van der Waals surface area contributed by atoms with Gasteiger partial charge in [0.25, 0.3) is 0 Å². The van der Waals surface area contributed by atoms with Gasteiger partial charge in [-0.25, -0.2) is 0 Å². The van der Waals surface area contributed by atoms with Crippen LogP contribution in [0.1, 0.15) is 44.9 Å². The van der Waals surface area contributed by atoms with Crippen LogP contribution >= 0.6 is 0 Å². The predicted octanol–water partition coefficient (Wildman–Crippen LogP) is 2.63. The standard InChI is InChI=1S/C13H23NO3/c1-15-11-9-13(16-2)8-5-7-12(17-13)6-3-4-10-14/h12H,3-9,11H2,1-2H3/t12-,13?/m1/s1. The molecular weight excluding hydrogens is 218 g/mol. The van der Waals surface area contributed by atoms with Crippen molar-refractivity contribution in [1.29, 1.82) is 5.26 Å². The molecule has 2 atom stereocenters. The van der Waals surface area contributed by atoms with Gasteiger partial charge in [0.1, 0.15) is 0 Å². The van der Waals surface area contributed by atoms with Crippen molar-refractivity contribution in [1.82, 2.24) is 0 Å². The van der Waals surface area contributed by atoms with Crippen LogP contribution in [0.5, 0.6) is 0 Å². The zero-order chi connectivity index (χ0) is 12.6. The van der Waals surface area contributed by atoms with Crippen molar-refractivity contribution in [2.75, 3.05) is 20.8 Å². The van der Waals surface area contributed by atoms with E-state index in [2.05, 4.69) is 6.07 Å². The highest BCUT2D eigenvalue weighted by molar-refractivity contribution is 4.79. The summed E-state index contributed by atoms with van der Waals surface area (Å²) in [5, 5.41) is 8.53. The molecule has 1 aliphatic rings. The molecule has 4 heteroatoms. The third-order valence-corrected chi connectivity index (χ3v) is 3.34. The summed E-state index contributed by atoms with van der Waals surface area (Å²) in [4.78, 5) is 0. The van der Waals surface area contributed by atoms with Crippen LogP contribution < -0.4 is 0 Å². The molecule has 1 unspecified atom stereocenters. The van der Waals surface area contributed by atoms with Crippen molar-refractivity contribution >= 4 is 0 Å². The first-order valence-electron chi connectivity index (χ1n) is 6.35. The number of nitriles is 1. The lowest BCUT2D eigenvalue weighted by Crippen LogP contribution is -2.43. The Kier molecular flexibility index (Phi) is 6.49. The third-order valence-electron chi connectivity index (χ3n) is 3.34. The molecule has 0 saturated carbocycles. The van der Waals surface area contributed by atoms with E-state index in [1.807, 2.05) is 0 Å². The molecular formula is C13H23NO3. The first kappa shape index (κ1) is 14.4. The molecule has 0 radical (unpaired) electrons. The van der Waals surface area contributed by atoms with Crippen molar-refractivity contribution in [3.05, 3.63) is 0 Å². The fraction of sp³-hybridized carbons (Fsp3) is 0.923. The van der Waals surface area contributed by atoms with E-state index in [0.29, 0.717) is 13.0 Å². The van der Waals surface area contributed by atoms with Crippen molar-refractivity contribution in [2.24, 2.45) is 0 Å². The average Bonchev–Trinajstić information content (AvgIpc) is 2.37. The second-order valence-electron chi connectivity index (χ2n) is 4.54. The van der Waals surface area contributed by atoms with Gasteiger partial charge in [-0.2, -0.15) is 5.26 Å². The van der Waals surface area contributed by atoms with Crippen LogP contribution in [0.15, 0.2) is 0 Å². The summed E-state index contributed by atoms with van der Waals surface area (Å²) in [6.07, 6.45) is 6.60. The second-order valence-corrected chi connectivity index (χ2v) is 4.54. The minimum Gasteiger partial charge on any atom is -0.384 e. The highest BCUT2D eigenvalue weighted by Crippen LogP contribution is 2.34. The molecule has 0 N–H and O–H groups in total. The lowest BCUT2D eigenvalue weighted by Gasteiger charge is -2.40. The van der Waals surface area contributed by atoms with Gasteiger partial charge in [-0.05, 0) is 25.7 Å². The molecule has 0 aromatic rings. The second kappa shape index (κ2) is 7.65. The Hall–Kier alpha value is -0.630. The highest BCUT2D eigenvalue weighted by atomic mass is 16.7. The number of unbranched alkanes of at least 4 members (excludes halogenated alkanes) is 1. The molecule has 4 nitrogen and oxygen atoms in total. The first-order chi connectivity index (χ1) is 8.26. The quantitative estimate of drug-likeness (QED) is 0.643. The summed E-state index contributed by atoms with van der Waals surface area (Å²) in [7, 11) is 3.39. The van der Waals surface area contributed by atoms with Crippen LogP contribution in [0.4, 0.5) is 0 Å². The van der Waals surface area contributed by atoms with Gasteiger partial charge in [0.15, 0.2) is 5.79 Å². The van der Waals surface area contributed by atoms with Crippen molar-refractivity contribution in [3.8, 4) is 6.07 Å². The van der Waals surface area contributed by atoms with E-state index in [1.54, 1.807) is 14.2 Å². The summed E-state index contributed by atoms with van der Waals surface area (Å²) >= 11 is 0. The molecule has 17 heavy (non-hydrogen) atoms. The van der Waals surface area contributed by atoms with E-state index in [9.17, 15) is 0 Å². The van der Waals surface area contributed by atoms with Crippen molar-refractivity contribution in [2.45, 2.75) is 56.8 Å². The monoisotopic (exact) mass is 241 g/mol. The maximum atomic E-state index is 8.53. The predicted molar refractivity (Wildman–Crippen MR) is 64.4 cm³/mol. The minimum atomic E-state index is -0.467. The Bertz CT molecular complexity index is 252. The fourth-order valence-electron chi connectivity index (χ4n) is 2.33. The minimum absolute atomic E-state index is 0.230. The summed E-state index contributed by atoms with van der Waals surface area (Å²) in [6.45, 7) is 0.652. The van der Waals surface area contributed by atoms with Crippen LogP contribution in [0, 0.1) is 11.3 Å². The Morgan fingerprint density at radius 3 is 2.94 bits per heavy atom. The highest BCUT2D eigenvalue weighted by Gasteiger charge is 2.36. The first-order valence-corrected chi connectivity index (χ1v) is 6.35. The maximum Gasteiger partial charge on any atom is 0.170 e. The SMILES string of the molecule is COCCC1(OC)CCC[C@@H](CCCC#N)O1. The van der Waals surface area contributed by atoms with Gasteiger partial charge in [-0.1, -0.05) is 0 Å². The number of hydrogen-bond acceptors (Lipinski definition) is 4. The maximum absolute atomic E-state index is 8.53. The molecule has 0 aromatic carbocycles. The van der Waals surface area contributed by atoms with Gasteiger partial charge >= 0.3 is 0 Å². The van der Waals surface area contributed by atoms with E-state index >= 15 is 0 Å². The van der Waals surface area contributed by atoms with Gasteiger partial charge < -0.3 is 14.2 Å². The number of methoxy groups -OCH3 is 2. The summed E-state index contributed by atoms with van der Waals surface area (Å²) in [6, 6.07) is 2.17. The van der Waals surface area contributed by atoms with E-state index in [1.165, 1.54) is 0 Å². The van der Waals surface area contributed by atoms with Crippen LogP contribution in [-0.4, -0.2) is 32.7 Å². The lowest BCUT2D eigenvalue weighted by molar-refractivity contribution is -0.275. The molecule has 1 aliphatic heterocycles. The number of nitrogens with zero attached hydrogens (tertiary/aromatic N) is 1. The van der Waals surface area contributed by atoms with Crippen LogP contribution in [0.3, 0.4) is 0 Å². The summed E-state index contributed by atoms with van der Waals surface area (Å²) in [5.41, 5.74) is 0. The van der Waals surface area contributed by atoms with Gasteiger partial charge in [-0.15, -0.1) is 0 Å². The smallest absolute Gasteiger partial charge is 0.170 e. The van der Waals surface area contributed by atoms with Crippen LogP contribution in [0.25, 0.3) is 0 Å². The normalized spacial score (nSPS) is 28.9. The Balaban J connectivity index is 2.41. The topological polar surface area (TPSA) is 51.5 Å². The molecule has 1 saturated heterocycles. The molecule has 0 bridgehead atoms. The molecule has 98 valence electrons. The molecule has 0 spiro atoms. The summed E-state index contributed by atoms with van der Waals surface area (Å²) < 4.78 is 16.7. The van der Waals surface area contributed by atoms with E-state index < -0.39 is 5.79 Å². The van der Waals surface area contributed by atoms with Gasteiger partial charge in [-0.3, -0.25) is 0 Å². The molecule has 1 rings (SSSR count). The number of ether oxygens (including phenoxy) is 3. The van der Waals surface area contributed by atoms with Gasteiger partial charge in [0.05, 0.1) is 18.8 Å². The Labute approximate surface area is 104 Å². The zero-order valence-electron chi connectivity index (χ0n) is 10.9. The molecule has 0 amide bonds. The lowest BCUT2D eigenvalue weighted by atomic mass is 9.96. The van der Waals surface area contributed by atoms with Crippen LogP contribution in [0.2, 0.25) is 0 Å². The molecule has 0 aromatic heterocycles. The number of hydrogen-bond donors (Lipinski definition) is 0. The number of rotatable bonds is 7. The molecule has 0 aliphatic carbocycles. The van der Waals surface area contributed by atoms with E-state index in [0.717, 1.165) is 38.5 Å². The summed E-state index contributed by atoms with van der Waals surface area (Å²) in [5.74, 6) is -0.467. The van der Waals surface area contributed by atoms with E-state index in [-0.39, 0.29) is 6.10 Å². The molecule has 1 fully saturated rings. The van der Waals surface area contributed by atoms with Gasteiger partial charge in [0.2, 0.25) is 0 Å². The zero-order valence-corrected chi connectivity index (χ0v) is 10.9. The van der Waals surface area contributed by atoms with Crippen LogP contribution in [-0.2, 0) is 14.2 Å². The largest absolute Gasteiger partial charge is 0.384 e. The Morgan fingerprint density at radius 2 is 2.29 bits per heavy atom. The van der Waals surface area contributed by atoms with E-state index in [4.69, 9.17) is 19.5 Å². The fourth-order valence-corrected chi connectivity index (χ4v) is 2.33. The molecule has 1 heterocycles. The third kappa shape index (κ3) is 4.63. The van der Waals surface area contributed by atoms with Gasteiger partial charge in [0, 0.05) is 33.5 Å².